The van der Waals surface area contributed by atoms with Crippen LogP contribution in [0.3, 0.4) is 0 Å². The van der Waals surface area contributed by atoms with Crippen LogP contribution in [0.25, 0.3) is 11.6 Å². The lowest BCUT2D eigenvalue weighted by Gasteiger charge is -2.32. The maximum Gasteiger partial charge on any atom is 0.234 e. The Bertz CT molecular complexity index is 1650. The van der Waals surface area contributed by atoms with Crippen LogP contribution in [0, 0.1) is 17.8 Å². The number of nitrogens with zero attached hydrogens (tertiary/aromatic N) is 1. The number of hydrogen-bond donors (Lipinski definition) is 1. The van der Waals surface area contributed by atoms with Gasteiger partial charge in [-0.15, -0.1) is 0 Å². The van der Waals surface area contributed by atoms with Crippen molar-refractivity contribution in [1.29, 1.82) is 0 Å². The van der Waals surface area contributed by atoms with E-state index >= 15 is 0 Å². The number of benzene rings is 3. The number of fused-ring (bicyclic) bond motifs is 3. The number of ether oxygens (including phenoxy) is 2. The number of carbonyl (C=O) groups is 2. The lowest BCUT2D eigenvalue weighted by molar-refractivity contribution is -0.143. The molecule has 1 N–H and O–H groups in total. The molecule has 1 saturated carbocycles. The van der Waals surface area contributed by atoms with Crippen molar-refractivity contribution in [2.45, 2.75) is 63.5 Å². The first-order valence-electron chi connectivity index (χ1n) is 16.6. The van der Waals surface area contributed by atoms with Gasteiger partial charge in [-0.3, -0.25) is 14.5 Å². The van der Waals surface area contributed by atoms with Gasteiger partial charge in [-0.25, -0.2) is 0 Å². The number of para-hydroxylation sites is 1. The monoisotopic (exact) mass is 637 g/mol. The quantitative estimate of drug-likeness (QED) is 0.146. The molecule has 3 fully saturated rings. The Balaban J connectivity index is 1.19. The van der Waals surface area contributed by atoms with Crippen molar-refractivity contribution < 1.29 is 24.2 Å². The zero-order valence-electron chi connectivity index (χ0n) is 25.9. The van der Waals surface area contributed by atoms with E-state index in [1.54, 1.807) is 17.0 Å². The summed E-state index contributed by atoms with van der Waals surface area (Å²) in [6.45, 7) is 0.802. The van der Waals surface area contributed by atoms with Gasteiger partial charge < -0.3 is 14.6 Å². The lowest BCUT2D eigenvalue weighted by Crippen LogP contribution is -2.42. The number of hydrogen-bond acceptors (Lipinski definition) is 5. The summed E-state index contributed by atoms with van der Waals surface area (Å²) in [5.41, 5.74) is 5.27. The van der Waals surface area contributed by atoms with Crippen molar-refractivity contribution in [1.82, 2.24) is 4.90 Å². The smallest absolute Gasteiger partial charge is 0.234 e. The minimum absolute atomic E-state index is 0.00156. The van der Waals surface area contributed by atoms with Gasteiger partial charge in [-0.05, 0) is 96.4 Å². The Morgan fingerprint density at radius 3 is 2.41 bits per heavy atom. The largest absolute Gasteiger partial charge is 0.508 e. The summed E-state index contributed by atoms with van der Waals surface area (Å²) < 4.78 is 12.8. The molecular weight excluding hydrogens is 598 g/mol. The molecule has 0 radical (unpaired) electrons. The first-order valence-corrected chi connectivity index (χ1v) is 17.0. The van der Waals surface area contributed by atoms with Crippen LogP contribution in [-0.2, 0) is 14.3 Å². The lowest BCUT2D eigenvalue weighted by atomic mass is 9.69. The minimum atomic E-state index is -0.366. The van der Waals surface area contributed by atoms with E-state index in [-0.39, 0.29) is 47.5 Å². The van der Waals surface area contributed by atoms with Crippen molar-refractivity contribution in [3.05, 3.63) is 106 Å². The fourth-order valence-corrected chi connectivity index (χ4v) is 8.31. The second-order valence-electron chi connectivity index (χ2n) is 13.0. The molecular formula is C39H40ClNO5. The summed E-state index contributed by atoms with van der Waals surface area (Å²) in [6.07, 6.45) is 8.96. The predicted molar refractivity (Wildman–Crippen MR) is 179 cm³/mol. The highest BCUT2D eigenvalue weighted by Gasteiger charge is 2.58. The molecule has 2 aliphatic carbocycles. The van der Waals surface area contributed by atoms with Crippen LogP contribution < -0.4 is 4.74 Å². The molecule has 3 aromatic carbocycles. The third-order valence-electron chi connectivity index (χ3n) is 10.3. The number of halogens is 1. The van der Waals surface area contributed by atoms with Gasteiger partial charge in [-0.2, -0.15) is 0 Å². The molecule has 4 atom stereocenters. The van der Waals surface area contributed by atoms with E-state index in [9.17, 15) is 14.7 Å². The topological polar surface area (TPSA) is 76.1 Å². The minimum Gasteiger partial charge on any atom is -0.508 e. The number of imide groups is 1. The first-order chi connectivity index (χ1) is 22.5. The van der Waals surface area contributed by atoms with E-state index in [0.717, 1.165) is 59.3 Å². The molecule has 2 saturated heterocycles. The van der Waals surface area contributed by atoms with Crippen LogP contribution in [-0.4, -0.2) is 47.2 Å². The van der Waals surface area contributed by atoms with Crippen molar-refractivity contribution in [3.8, 4) is 11.5 Å². The maximum atomic E-state index is 14.1. The van der Waals surface area contributed by atoms with Crippen molar-refractivity contribution in [3.63, 3.8) is 0 Å². The van der Waals surface area contributed by atoms with Gasteiger partial charge in [0.1, 0.15) is 18.1 Å². The molecule has 2 amide bonds. The number of likely N-dealkylation sites (tertiary alicyclic amines) is 1. The Morgan fingerprint density at radius 1 is 0.935 bits per heavy atom. The Labute approximate surface area is 275 Å². The summed E-state index contributed by atoms with van der Waals surface area (Å²) in [4.78, 5) is 29.6. The summed E-state index contributed by atoms with van der Waals surface area (Å²) in [7, 11) is 0. The standard InChI is InChI=1S/C39H40ClNO5/c40-34-22-30(42)18-16-27(34)20-26(25-10-4-1-5-11-25)17-19-35-36-28(23-45-31-14-8-3-9-15-31)21-32-37(33(36)24-46-35)39(44)41(38(32)43)29-12-6-2-7-13-29/h1,3-5,8-11,14-16,18,20,22,29,32-33,35,37,42H,2,6-7,12-13,17,19,21,23-24H2/b26-20-/t32-,33+,35-,37-/m1/s1. The van der Waals surface area contributed by atoms with Crippen LogP contribution in [0.15, 0.2) is 90.0 Å². The van der Waals surface area contributed by atoms with Crippen molar-refractivity contribution >= 4 is 35.1 Å². The molecule has 4 aliphatic rings. The van der Waals surface area contributed by atoms with E-state index < -0.39 is 0 Å². The highest BCUT2D eigenvalue weighted by molar-refractivity contribution is 6.32. The fraction of sp³-hybridized carbons (Fsp3) is 0.385. The van der Waals surface area contributed by atoms with Gasteiger partial charge in [0, 0.05) is 12.0 Å². The Morgan fingerprint density at radius 2 is 1.67 bits per heavy atom. The number of carbonyl (C=O) groups excluding carboxylic acids is 2. The van der Waals surface area contributed by atoms with Gasteiger partial charge in [0.15, 0.2) is 0 Å². The molecule has 46 heavy (non-hydrogen) atoms. The number of phenols is 1. The number of amides is 2. The number of rotatable bonds is 9. The highest BCUT2D eigenvalue weighted by atomic mass is 35.5. The average molecular weight is 638 g/mol. The van der Waals surface area contributed by atoms with Gasteiger partial charge in [0.2, 0.25) is 11.8 Å². The van der Waals surface area contributed by atoms with E-state index in [2.05, 4.69) is 18.2 Å². The maximum absolute atomic E-state index is 14.1. The zero-order valence-corrected chi connectivity index (χ0v) is 26.7. The second-order valence-corrected chi connectivity index (χ2v) is 13.5. The van der Waals surface area contributed by atoms with Gasteiger partial charge in [0.05, 0.1) is 29.6 Å². The number of allylic oxidation sites excluding steroid dienone is 1. The summed E-state index contributed by atoms with van der Waals surface area (Å²) in [6, 6.07) is 25.0. The normalized spacial score (nSPS) is 25.2. The number of phenolic OH excluding ortho intramolecular Hbond substituents is 1. The molecule has 3 aromatic rings. The van der Waals surface area contributed by atoms with Gasteiger partial charge in [-0.1, -0.05) is 79.4 Å². The zero-order chi connectivity index (χ0) is 31.6. The van der Waals surface area contributed by atoms with E-state index in [1.807, 2.05) is 54.6 Å². The van der Waals surface area contributed by atoms with Crippen LogP contribution in [0.1, 0.15) is 62.5 Å². The summed E-state index contributed by atoms with van der Waals surface area (Å²) in [5, 5.41) is 10.4. The van der Waals surface area contributed by atoms with Crippen molar-refractivity contribution in [2.24, 2.45) is 17.8 Å². The third kappa shape index (κ3) is 6.13. The van der Waals surface area contributed by atoms with Crippen LogP contribution in [0.4, 0.5) is 0 Å². The molecule has 0 spiro atoms. The molecule has 0 unspecified atom stereocenters. The van der Waals surface area contributed by atoms with E-state index in [1.165, 1.54) is 6.42 Å². The SMILES string of the molecule is O=C1[C@@H]2[C@@H](CC(COc3ccccc3)=C3[C@@H](CC/C(=C/c4ccc(O)cc4Cl)c4ccccc4)OC[C@@H]32)C(=O)N1C1CCCCC1. The molecule has 2 heterocycles. The third-order valence-corrected chi connectivity index (χ3v) is 10.6. The average Bonchev–Trinajstić information content (AvgIpc) is 3.62. The fourth-order valence-electron chi connectivity index (χ4n) is 8.08. The van der Waals surface area contributed by atoms with Gasteiger partial charge in [0.25, 0.3) is 0 Å². The van der Waals surface area contributed by atoms with Crippen LogP contribution in [0.5, 0.6) is 11.5 Å². The van der Waals surface area contributed by atoms with Crippen molar-refractivity contribution in [2.75, 3.05) is 13.2 Å². The molecule has 2 aliphatic heterocycles. The molecule has 6 nitrogen and oxygen atoms in total. The van der Waals surface area contributed by atoms with Crippen LogP contribution in [0.2, 0.25) is 5.02 Å². The Kier molecular flexibility index (Phi) is 9.01. The molecule has 238 valence electrons. The van der Waals surface area contributed by atoms with E-state index in [4.69, 9.17) is 21.1 Å². The highest BCUT2D eigenvalue weighted by Crippen LogP contribution is 2.51. The molecule has 0 bridgehead atoms. The first kappa shape index (κ1) is 30.8. The molecule has 7 rings (SSSR count). The van der Waals surface area contributed by atoms with Crippen LogP contribution >= 0.6 is 11.6 Å². The van der Waals surface area contributed by atoms with Gasteiger partial charge >= 0.3 is 0 Å². The summed E-state index contributed by atoms with van der Waals surface area (Å²) >= 11 is 6.51. The Hall–Kier alpha value is -3.87. The summed E-state index contributed by atoms with van der Waals surface area (Å²) in [5.74, 6) is 0.0706. The second kappa shape index (κ2) is 13.5. The van der Waals surface area contributed by atoms with E-state index in [0.29, 0.717) is 37.5 Å². The predicted octanol–water partition coefficient (Wildman–Crippen LogP) is 8.09. The molecule has 7 heteroatoms. The number of aromatic hydroxyl groups is 1. The molecule has 0 aromatic heterocycles.